The Bertz CT molecular complexity index is 81.8. The van der Waals surface area contributed by atoms with Gasteiger partial charge in [0.15, 0.2) is 0 Å². The zero-order valence-electron chi connectivity index (χ0n) is 5.85. The van der Waals surface area contributed by atoms with Gasteiger partial charge in [0.25, 0.3) is 0 Å². The van der Waals surface area contributed by atoms with Gasteiger partial charge in [-0.3, -0.25) is 0 Å². The summed E-state index contributed by atoms with van der Waals surface area (Å²) in [7, 11) is 0. The molecule has 0 aromatic carbocycles. The molecule has 2 heteroatoms. The van der Waals surface area contributed by atoms with Crippen molar-refractivity contribution >= 4 is 19.6 Å². The summed E-state index contributed by atoms with van der Waals surface area (Å²) in [5.41, 5.74) is 0. The molecule has 0 N–H and O–H groups in total. The third-order valence-electron chi connectivity index (χ3n) is 1.33. The molecule has 0 radical (unpaired) electrons. The second-order valence-corrected chi connectivity index (χ2v) is 2.10. The van der Waals surface area contributed by atoms with E-state index in [0.717, 1.165) is 0 Å². The first-order valence-electron chi connectivity index (χ1n) is 3.43. The molecule has 60 valence electrons. The molecule has 1 aliphatic rings. The Kier molecular flexibility index (Phi) is 10.7. The Morgan fingerprint density at radius 2 is 0.900 bits per heavy atom. The standard InChI is InChI=1S/C8H12.HI.Ir/c1-2-4-6-8-7-5-3-1;;/h1-2,7-8H,3-6H2;1H;/q;;+1/p-1. The quantitative estimate of drug-likeness (QED) is 0.410. The van der Waals surface area contributed by atoms with E-state index in [4.69, 9.17) is 0 Å². The van der Waals surface area contributed by atoms with E-state index < -0.39 is 0 Å². The number of hydrogen-bond donors (Lipinski definition) is 0. The maximum atomic E-state index is 2.27. The monoisotopic (exact) mass is 428 g/mol. The van der Waals surface area contributed by atoms with Crippen molar-refractivity contribution in [1.82, 2.24) is 0 Å². The summed E-state index contributed by atoms with van der Waals surface area (Å²) in [5, 5.41) is 0. The summed E-state index contributed by atoms with van der Waals surface area (Å²) in [6, 6.07) is 0. The van der Waals surface area contributed by atoms with Crippen molar-refractivity contribution in [1.29, 1.82) is 0 Å². The van der Waals surface area contributed by atoms with Crippen molar-refractivity contribution in [2.45, 2.75) is 25.7 Å². The van der Waals surface area contributed by atoms with Gasteiger partial charge in [0.05, 0.1) is 0 Å². The Morgan fingerprint density at radius 1 is 0.700 bits per heavy atom. The molecule has 0 bridgehead atoms. The van der Waals surface area contributed by atoms with Gasteiger partial charge in [0.2, 0.25) is 0 Å². The van der Waals surface area contributed by atoms with Crippen LogP contribution in [-0.2, 0) is 15.3 Å². The van der Waals surface area contributed by atoms with E-state index in [1.54, 1.807) is 0 Å². The van der Waals surface area contributed by atoms with Crippen molar-refractivity contribution in [3.05, 3.63) is 24.3 Å². The molecule has 0 atom stereocenters. The maximum absolute atomic E-state index is 2.27. The van der Waals surface area contributed by atoms with Crippen LogP contribution in [0.1, 0.15) is 25.7 Å². The molecule has 0 fully saturated rings. The van der Waals surface area contributed by atoms with Crippen LogP contribution in [0.4, 0.5) is 0 Å². The van der Waals surface area contributed by atoms with Gasteiger partial charge in [-0.25, -0.2) is 0 Å². The molecular weight excluding hydrogens is 415 g/mol. The van der Waals surface area contributed by atoms with Crippen LogP contribution in [0.15, 0.2) is 24.3 Å². The zero-order valence-corrected chi connectivity index (χ0v) is 10.4. The van der Waals surface area contributed by atoms with Crippen molar-refractivity contribution in [3.8, 4) is 0 Å². The molecule has 0 amide bonds. The van der Waals surface area contributed by atoms with Crippen LogP contribution in [0, 0.1) is 0 Å². The van der Waals surface area contributed by atoms with Crippen molar-refractivity contribution in [2.24, 2.45) is 0 Å². The van der Waals surface area contributed by atoms with Gasteiger partial charge in [0.1, 0.15) is 0 Å². The fourth-order valence-electron chi connectivity index (χ4n) is 0.856. The second-order valence-electron chi connectivity index (χ2n) is 2.10. The van der Waals surface area contributed by atoms with Crippen LogP contribution in [-0.4, -0.2) is 0 Å². The fourth-order valence-corrected chi connectivity index (χ4v) is 0.856. The topological polar surface area (TPSA) is 0 Å². The van der Waals surface area contributed by atoms with E-state index in [2.05, 4.69) is 43.9 Å². The molecule has 0 aliphatic heterocycles. The van der Waals surface area contributed by atoms with Crippen LogP contribution in [0.5, 0.6) is 0 Å². The average molecular weight is 427 g/mol. The molecule has 0 aromatic rings. The first kappa shape index (κ1) is 10.9. The van der Waals surface area contributed by atoms with Gasteiger partial charge < -0.3 is 0 Å². The minimum absolute atomic E-state index is 1.23. The Morgan fingerprint density at radius 3 is 1.10 bits per heavy atom. The molecule has 1 rings (SSSR count). The molecule has 0 saturated carbocycles. The van der Waals surface area contributed by atoms with Gasteiger partial charge >= 0.3 is 34.9 Å². The van der Waals surface area contributed by atoms with E-state index >= 15 is 0 Å². The predicted octanol–water partition coefficient (Wildman–Crippen LogP) is 3.56. The second kappa shape index (κ2) is 9.86. The van der Waals surface area contributed by atoms with Crippen LogP contribution in [0.2, 0.25) is 0 Å². The molecule has 0 saturated heterocycles. The predicted molar refractivity (Wildman–Crippen MR) is 50.8 cm³/mol. The summed E-state index contributed by atoms with van der Waals surface area (Å²) in [6.07, 6.45) is 14.0. The van der Waals surface area contributed by atoms with Crippen LogP contribution in [0.3, 0.4) is 0 Å². The van der Waals surface area contributed by atoms with E-state index in [0.29, 0.717) is 0 Å². The van der Waals surface area contributed by atoms with Gasteiger partial charge in [-0.05, 0) is 25.7 Å². The van der Waals surface area contributed by atoms with Gasteiger partial charge in [0, 0.05) is 0 Å². The fraction of sp³-hybridized carbons (Fsp3) is 0.500. The zero-order chi connectivity index (χ0) is 7.66. The number of rotatable bonds is 0. The van der Waals surface area contributed by atoms with Crippen LogP contribution >= 0.6 is 19.6 Å². The van der Waals surface area contributed by atoms with E-state index in [1.807, 2.05) is 15.3 Å². The van der Waals surface area contributed by atoms with Gasteiger partial charge in [-0.2, -0.15) is 0 Å². The molecule has 0 spiro atoms. The molecule has 0 nitrogen and oxygen atoms in total. The normalized spacial score (nSPS) is 16.7. The summed E-state index contributed by atoms with van der Waals surface area (Å²) in [5.74, 6) is 0. The van der Waals surface area contributed by atoms with Gasteiger partial charge in [-0.15, -0.1) is 0 Å². The van der Waals surface area contributed by atoms with E-state index in [-0.39, 0.29) is 0 Å². The van der Waals surface area contributed by atoms with Crippen LogP contribution < -0.4 is 0 Å². The Balaban J connectivity index is 0.000000371. The summed E-state index contributed by atoms with van der Waals surface area (Å²) >= 11 is 4.12. The number of hydrogen-bond acceptors (Lipinski definition) is 0. The third kappa shape index (κ3) is 6.97. The van der Waals surface area contributed by atoms with Crippen LogP contribution in [0.25, 0.3) is 0 Å². The van der Waals surface area contributed by atoms with Crippen molar-refractivity contribution < 1.29 is 15.3 Å². The molecule has 0 heterocycles. The number of halogens is 1. The molecule has 10 heavy (non-hydrogen) atoms. The summed E-state index contributed by atoms with van der Waals surface area (Å²) in [6.45, 7) is 0. The Hall–Kier alpha value is 0.859. The first-order chi connectivity index (χ1) is 5.00. The molecule has 1 aliphatic carbocycles. The molecular formula is C8H12IIr. The SMILES string of the molecule is C1=CCCC=CCC1.[I][Ir]. The minimum atomic E-state index is 1.23. The molecule has 0 unspecified atom stereocenters. The van der Waals surface area contributed by atoms with E-state index in [9.17, 15) is 0 Å². The Labute approximate surface area is 84.4 Å². The average Bonchev–Trinajstić information content (AvgIpc) is 1.90. The number of allylic oxidation sites excluding steroid dienone is 4. The first-order valence-corrected chi connectivity index (χ1v) is 10.2. The van der Waals surface area contributed by atoms with Crippen molar-refractivity contribution in [2.75, 3.05) is 0 Å². The van der Waals surface area contributed by atoms with Gasteiger partial charge in [-0.1, -0.05) is 24.3 Å². The van der Waals surface area contributed by atoms with Crippen molar-refractivity contribution in [3.63, 3.8) is 0 Å². The molecule has 0 aromatic heterocycles. The summed E-state index contributed by atoms with van der Waals surface area (Å²) < 4.78 is 0. The third-order valence-corrected chi connectivity index (χ3v) is 1.33. The summed E-state index contributed by atoms with van der Waals surface area (Å²) in [4.78, 5) is 0. The van der Waals surface area contributed by atoms with E-state index in [1.165, 1.54) is 25.7 Å².